The molecule has 0 aliphatic carbocycles. The largest absolute Gasteiger partial charge is 0.444 e. The van der Waals surface area contributed by atoms with Crippen LogP contribution < -0.4 is 11.0 Å². The summed E-state index contributed by atoms with van der Waals surface area (Å²) in [6, 6.07) is 19.4. The number of alkyl carbamates (subject to hydrolysis) is 1. The molecule has 224 valence electrons. The summed E-state index contributed by atoms with van der Waals surface area (Å²) in [5.74, 6) is -1.48. The lowest BCUT2D eigenvalue weighted by molar-refractivity contribution is 0.0502. The molecule has 1 amide bonds. The van der Waals surface area contributed by atoms with E-state index in [-0.39, 0.29) is 6.42 Å². The minimum atomic E-state index is -0.878. The summed E-state index contributed by atoms with van der Waals surface area (Å²) in [5.41, 5.74) is 4.94. The average molecular weight is 597 g/mol. The van der Waals surface area contributed by atoms with Crippen LogP contribution in [0.4, 0.5) is 13.6 Å². The van der Waals surface area contributed by atoms with E-state index in [1.165, 1.54) is 16.5 Å². The molecule has 0 aliphatic rings. The molecule has 4 aromatic heterocycles. The quantitative estimate of drug-likeness (QED) is 0.200. The molecule has 6 aromatic rings. The van der Waals surface area contributed by atoms with E-state index in [9.17, 15) is 18.4 Å². The molecule has 3 N–H and O–H groups in total. The van der Waals surface area contributed by atoms with Crippen molar-refractivity contribution in [2.24, 2.45) is 0 Å². The number of nitrogens with zero attached hydrogens (tertiary/aromatic N) is 3. The molecule has 0 saturated heterocycles. The summed E-state index contributed by atoms with van der Waals surface area (Å²) in [7, 11) is 0. The zero-order valence-electron chi connectivity index (χ0n) is 24.5. The number of ether oxygens (including phenoxy) is 1. The van der Waals surface area contributed by atoms with Gasteiger partial charge in [0, 0.05) is 28.6 Å². The number of benzene rings is 2. The summed E-state index contributed by atoms with van der Waals surface area (Å²) in [6.45, 7) is 7.01. The SMILES string of the molecule is Cc1c(-c2cc3[nH]c(-c4ccccc4)cc3nc2[C@H](Cc2cc(F)cc(F)c2)NC(=O)OC(C)(C)C)ccc2n[nH]c(=O)n12. The minimum absolute atomic E-state index is 0.00233. The van der Waals surface area contributed by atoms with Crippen molar-refractivity contribution in [2.45, 2.75) is 45.8 Å². The second-order valence-electron chi connectivity index (χ2n) is 11.6. The number of aromatic amines is 2. The number of fused-ring (bicyclic) bond motifs is 2. The number of carbonyl (C=O) groups excluding carboxylic acids is 1. The van der Waals surface area contributed by atoms with Gasteiger partial charge < -0.3 is 15.0 Å². The van der Waals surface area contributed by atoms with Gasteiger partial charge in [0.1, 0.15) is 17.2 Å². The molecule has 0 aliphatic heterocycles. The number of carbonyl (C=O) groups is 1. The van der Waals surface area contributed by atoms with Gasteiger partial charge in [-0.3, -0.25) is 0 Å². The second kappa shape index (κ2) is 11.1. The third-order valence-corrected chi connectivity index (χ3v) is 7.21. The van der Waals surface area contributed by atoms with Crippen LogP contribution in [0.25, 0.3) is 39.1 Å². The van der Waals surface area contributed by atoms with E-state index >= 15 is 0 Å². The van der Waals surface area contributed by atoms with Crippen LogP contribution >= 0.6 is 0 Å². The number of hydrogen-bond acceptors (Lipinski definition) is 5. The maximum atomic E-state index is 14.3. The van der Waals surface area contributed by atoms with Gasteiger partial charge in [-0.05, 0) is 81.6 Å². The maximum Gasteiger partial charge on any atom is 0.408 e. The van der Waals surface area contributed by atoms with Crippen molar-refractivity contribution in [2.75, 3.05) is 0 Å². The first kappa shape index (κ1) is 28.8. The van der Waals surface area contributed by atoms with Crippen LogP contribution in [0.3, 0.4) is 0 Å². The summed E-state index contributed by atoms with van der Waals surface area (Å²) >= 11 is 0. The van der Waals surface area contributed by atoms with Gasteiger partial charge >= 0.3 is 11.8 Å². The highest BCUT2D eigenvalue weighted by molar-refractivity contribution is 5.88. The Hall–Kier alpha value is -5.32. The lowest BCUT2D eigenvalue weighted by Gasteiger charge is -2.25. The normalized spacial score (nSPS) is 12.5. The summed E-state index contributed by atoms with van der Waals surface area (Å²) in [6.07, 6.45) is -0.716. The Morgan fingerprint density at radius 2 is 1.73 bits per heavy atom. The fourth-order valence-corrected chi connectivity index (χ4v) is 5.38. The zero-order valence-corrected chi connectivity index (χ0v) is 24.5. The molecule has 1 atom stereocenters. The number of H-pyrrole nitrogens is 2. The van der Waals surface area contributed by atoms with Gasteiger partial charge in [-0.2, -0.15) is 5.10 Å². The van der Waals surface area contributed by atoms with Crippen molar-refractivity contribution in [1.82, 2.24) is 29.9 Å². The standard InChI is InChI=1S/C33H30F2N6O3/c1-18-23(10-11-29-39-40-31(42)41(18)29)24-16-26-27(17-25(36-26)20-8-6-5-7-9-20)37-30(24)28(38-32(43)44-33(2,3)4)14-19-12-21(34)15-22(35)13-19/h5-13,15-17,28,36H,14H2,1-4H3,(H,38,43)(H,40,42)/t28-/m0/s1. The van der Waals surface area contributed by atoms with E-state index in [0.717, 1.165) is 22.8 Å². The van der Waals surface area contributed by atoms with Gasteiger partial charge in [-0.15, -0.1) is 0 Å². The topological polar surface area (TPSA) is 117 Å². The second-order valence-corrected chi connectivity index (χ2v) is 11.6. The van der Waals surface area contributed by atoms with Crippen LogP contribution in [0.1, 0.15) is 43.8 Å². The van der Waals surface area contributed by atoms with Crippen molar-refractivity contribution in [3.05, 3.63) is 112 Å². The molecule has 6 rings (SSSR count). The molecular weight excluding hydrogens is 566 g/mol. The highest BCUT2D eigenvalue weighted by atomic mass is 19.1. The molecule has 0 radical (unpaired) electrons. The van der Waals surface area contributed by atoms with E-state index in [2.05, 4.69) is 20.5 Å². The first-order valence-corrected chi connectivity index (χ1v) is 14.1. The molecule has 9 nitrogen and oxygen atoms in total. The fraction of sp³-hybridized carbons (Fsp3) is 0.212. The van der Waals surface area contributed by atoms with Crippen LogP contribution in [-0.4, -0.2) is 36.3 Å². The number of nitrogens with one attached hydrogen (secondary N) is 3. The van der Waals surface area contributed by atoms with E-state index in [0.29, 0.717) is 39.2 Å². The smallest absolute Gasteiger partial charge is 0.408 e. The number of aryl methyl sites for hydroxylation is 1. The maximum absolute atomic E-state index is 14.3. The van der Waals surface area contributed by atoms with Crippen molar-refractivity contribution in [1.29, 1.82) is 0 Å². The van der Waals surface area contributed by atoms with E-state index in [4.69, 9.17) is 9.72 Å². The third kappa shape index (κ3) is 5.81. The third-order valence-electron chi connectivity index (χ3n) is 7.21. The summed E-state index contributed by atoms with van der Waals surface area (Å²) < 4.78 is 35.6. The molecule has 2 aromatic carbocycles. The van der Waals surface area contributed by atoms with Gasteiger partial charge in [-0.1, -0.05) is 30.3 Å². The number of halogens is 2. The average Bonchev–Trinajstić information content (AvgIpc) is 3.54. The number of pyridine rings is 2. The summed E-state index contributed by atoms with van der Waals surface area (Å²) in [5, 5.41) is 9.42. The number of amides is 1. The summed E-state index contributed by atoms with van der Waals surface area (Å²) in [4.78, 5) is 34.2. The van der Waals surface area contributed by atoms with Crippen LogP contribution in [-0.2, 0) is 11.2 Å². The Morgan fingerprint density at radius 3 is 2.43 bits per heavy atom. The Kier molecular flexibility index (Phi) is 7.24. The first-order valence-electron chi connectivity index (χ1n) is 14.1. The Bertz CT molecular complexity index is 2060. The van der Waals surface area contributed by atoms with Crippen molar-refractivity contribution < 1.29 is 18.3 Å². The Labute approximate surface area is 250 Å². The molecule has 4 heterocycles. The van der Waals surface area contributed by atoms with E-state index < -0.39 is 35.1 Å². The molecule has 0 saturated carbocycles. The lowest BCUT2D eigenvalue weighted by Crippen LogP contribution is -2.36. The lowest BCUT2D eigenvalue weighted by atomic mass is 9.94. The van der Waals surface area contributed by atoms with Crippen LogP contribution in [0, 0.1) is 18.6 Å². The molecule has 0 unspecified atom stereocenters. The van der Waals surface area contributed by atoms with Crippen molar-refractivity contribution in [3.8, 4) is 22.4 Å². The monoisotopic (exact) mass is 596 g/mol. The number of aromatic nitrogens is 5. The number of hydrogen-bond donors (Lipinski definition) is 3. The molecule has 11 heteroatoms. The Balaban J connectivity index is 1.58. The van der Waals surface area contributed by atoms with Gasteiger partial charge in [-0.25, -0.2) is 32.9 Å². The van der Waals surface area contributed by atoms with Gasteiger partial charge in [0.2, 0.25) is 0 Å². The van der Waals surface area contributed by atoms with Crippen molar-refractivity contribution >= 4 is 22.8 Å². The van der Waals surface area contributed by atoms with Gasteiger partial charge in [0.05, 0.1) is 22.8 Å². The van der Waals surface area contributed by atoms with Crippen LogP contribution in [0.2, 0.25) is 0 Å². The molecular formula is C33H30F2N6O3. The first-order chi connectivity index (χ1) is 20.9. The molecule has 0 fully saturated rings. The fourth-order valence-electron chi connectivity index (χ4n) is 5.38. The molecule has 0 spiro atoms. The predicted molar refractivity (Wildman–Crippen MR) is 163 cm³/mol. The predicted octanol–water partition coefficient (Wildman–Crippen LogP) is 6.63. The zero-order chi connectivity index (χ0) is 31.2. The minimum Gasteiger partial charge on any atom is -0.444 e. The van der Waals surface area contributed by atoms with E-state index in [1.54, 1.807) is 33.8 Å². The van der Waals surface area contributed by atoms with Crippen LogP contribution in [0.5, 0.6) is 0 Å². The highest BCUT2D eigenvalue weighted by Gasteiger charge is 2.27. The van der Waals surface area contributed by atoms with Crippen molar-refractivity contribution in [3.63, 3.8) is 0 Å². The molecule has 0 bridgehead atoms. The highest BCUT2D eigenvalue weighted by Crippen LogP contribution is 2.35. The van der Waals surface area contributed by atoms with Crippen LogP contribution in [0.15, 0.2) is 77.6 Å². The molecule has 44 heavy (non-hydrogen) atoms. The Morgan fingerprint density at radius 1 is 1.00 bits per heavy atom. The van der Waals surface area contributed by atoms with E-state index in [1.807, 2.05) is 48.5 Å². The number of rotatable bonds is 6. The van der Waals surface area contributed by atoms with Gasteiger partial charge in [0.15, 0.2) is 5.65 Å². The van der Waals surface area contributed by atoms with Gasteiger partial charge in [0.25, 0.3) is 0 Å².